The van der Waals surface area contributed by atoms with Crippen LogP contribution in [0.2, 0.25) is 0 Å². The van der Waals surface area contributed by atoms with E-state index < -0.39 is 0 Å². The second-order valence-corrected chi connectivity index (χ2v) is 4.71. The molecule has 0 aliphatic carbocycles. The highest BCUT2D eigenvalue weighted by Crippen LogP contribution is 2.28. The molecule has 2 heterocycles. The third kappa shape index (κ3) is 1.94. The summed E-state index contributed by atoms with van der Waals surface area (Å²) in [5.74, 6) is 0. The van der Waals surface area contributed by atoms with E-state index in [-0.39, 0.29) is 0 Å². The van der Waals surface area contributed by atoms with Crippen molar-refractivity contribution in [3.8, 4) is 11.1 Å². The molecule has 82 valence electrons. The van der Waals surface area contributed by atoms with Crippen LogP contribution in [0.3, 0.4) is 0 Å². The molecular weight excluding hydrogens is 276 g/mol. The minimum absolute atomic E-state index is 0.987. The Hall–Kier alpha value is -1.74. The topological polar surface area (TPSA) is 25.8 Å². The third-order valence-corrected chi connectivity index (χ3v) is 3.13. The van der Waals surface area contributed by atoms with Gasteiger partial charge in [0.1, 0.15) is 0 Å². The lowest BCUT2D eigenvalue weighted by atomic mass is 10.0. The summed E-state index contributed by atoms with van der Waals surface area (Å²) in [7, 11) is 0. The lowest BCUT2D eigenvalue weighted by molar-refractivity contribution is 1.31. The molecule has 2 aromatic heterocycles. The van der Waals surface area contributed by atoms with Crippen LogP contribution < -0.4 is 0 Å². The Morgan fingerprint density at radius 1 is 0.941 bits per heavy atom. The molecule has 0 spiro atoms. The van der Waals surface area contributed by atoms with E-state index in [1.165, 1.54) is 10.9 Å². The predicted octanol–water partition coefficient (Wildman–Crippen LogP) is 4.06. The lowest BCUT2D eigenvalue weighted by Crippen LogP contribution is -1.83. The zero-order valence-electron chi connectivity index (χ0n) is 8.97. The molecule has 0 N–H and O–H groups in total. The SMILES string of the molecule is Brc1cncc(-c2cccc3cnccc23)c1. The van der Waals surface area contributed by atoms with Gasteiger partial charge in [-0.05, 0) is 39.0 Å². The highest BCUT2D eigenvalue weighted by atomic mass is 79.9. The van der Waals surface area contributed by atoms with Crippen LogP contribution in [0.1, 0.15) is 0 Å². The van der Waals surface area contributed by atoms with Crippen LogP contribution in [0, 0.1) is 0 Å². The van der Waals surface area contributed by atoms with Crippen LogP contribution in [0.4, 0.5) is 0 Å². The third-order valence-electron chi connectivity index (χ3n) is 2.70. The van der Waals surface area contributed by atoms with Crippen molar-refractivity contribution < 1.29 is 0 Å². The number of hydrogen-bond acceptors (Lipinski definition) is 2. The van der Waals surface area contributed by atoms with Crippen LogP contribution in [-0.4, -0.2) is 9.97 Å². The molecule has 3 rings (SSSR count). The summed E-state index contributed by atoms with van der Waals surface area (Å²) < 4.78 is 0.987. The molecule has 0 fully saturated rings. The van der Waals surface area contributed by atoms with Crippen LogP contribution >= 0.6 is 15.9 Å². The van der Waals surface area contributed by atoms with Gasteiger partial charge >= 0.3 is 0 Å². The zero-order chi connectivity index (χ0) is 11.7. The van der Waals surface area contributed by atoms with Crippen molar-refractivity contribution in [1.29, 1.82) is 0 Å². The quantitative estimate of drug-likeness (QED) is 0.673. The molecule has 0 amide bonds. The monoisotopic (exact) mass is 284 g/mol. The number of halogens is 1. The molecule has 2 nitrogen and oxygen atoms in total. The van der Waals surface area contributed by atoms with Crippen molar-refractivity contribution >= 4 is 26.7 Å². The Morgan fingerprint density at radius 2 is 1.88 bits per heavy atom. The summed E-state index contributed by atoms with van der Waals surface area (Å²) in [4.78, 5) is 8.35. The first-order chi connectivity index (χ1) is 8.34. The Bertz CT molecular complexity index is 674. The molecule has 0 atom stereocenters. The minimum atomic E-state index is 0.987. The van der Waals surface area contributed by atoms with Crippen molar-refractivity contribution in [1.82, 2.24) is 9.97 Å². The van der Waals surface area contributed by atoms with Gasteiger partial charge in [0.2, 0.25) is 0 Å². The average molecular weight is 285 g/mol. The molecule has 1 aromatic carbocycles. The Balaban J connectivity index is 2.30. The van der Waals surface area contributed by atoms with Gasteiger partial charge in [0, 0.05) is 40.2 Å². The first-order valence-corrected chi connectivity index (χ1v) is 6.07. The van der Waals surface area contributed by atoms with Crippen molar-refractivity contribution in [3.63, 3.8) is 0 Å². The van der Waals surface area contributed by atoms with Crippen molar-refractivity contribution in [2.24, 2.45) is 0 Å². The number of benzene rings is 1. The average Bonchev–Trinajstić information content (AvgIpc) is 2.38. The van der Waals surface area contributed by atoms with E-state index >= 15 is 0 Å². The van der Waals surface area contributed by atoms with Gasteiger partial charge in [-0.25, -0.2) is 0 Å². The summed E-state index contributed by atoms with van der Waals surface area (Å²) in [6.45, 7) is 0. The Morgan fingerprint density at radius 3 is 2.76 bits per heavy atom. The number of aromatic nitrogens is 2. The predicted molar refractivity (Wildman–Crippen MR) is 72.7 cm³/mol. The second kappa shape index (κ2) is 4.26. The molecule has 0 bridgehead atoms. The van der Waals surface area contributed by atoms with Crippen molar-refractivity contribution in [2.75, 3.05) is 0 Å². The lowest BCUT2D eigenvalue weighted by Gasteiger charge is -2.06. The molecule has 0 saturated heterocycles. The fourth-order valence-corrected chi connectivity index (χ4v) is 2.30. The molecule has 3 aromatic rings. The smallest absolute Gasteiger partial charge is 0.0410 e. The van der Waals surface area contributed by atoms with Gasteiger partial charge in [0.15, 0.2) is 0 Å². The number of rotatable bonds is 1. The van der Waals surface area contributed by atoms with E-state index in [1.807, 2.05) is 30.7 Å². The van der Waals surface area contributed by atoms with Crippen molar-refractivity contribution in [2.45, 2.75) is 0 Å². The normalized spacial score (nSPS) is 10.6. The summed E-state index contributed by atoms with van der Waals surface area (Å²) in [5, 5.41) is 2.34. The van der Waals surface area contributed by atoms with E-state index in [1.54, 1.807) is 6.20 Å². The van der Waals surface area contributed by atoms with Crippen LogP contribution in [0.15, 0.2) is 59.6 Å². The van der Waals surface area contributed by atoms with Crippen LogP contribution in [0.25, 0.3) is 21.9 Å². The largest absolute Gasteiger partial charge is 0.264 e. The standard InChI is InChI=1S/C14H9BrN2/c15-12-6-11(8-17-9-12)13-3-1-2-10-7-16-5-4-14(10)13/h1-9H. The number of pyridine rings is 2. The van der Waals surface area contributed by atoms with Gasteiger partial charge in [0.25, 0.3) is 0 Å². The van der Waals surface area contributed by atoms with Gasteiger partial charge in [-0.3, -0.25) is 9.97 Å². The fourth-order valence-electron chi connectivity index (χ4n) is 1.93. The molecule has 3 heteroatoms. The van der Waals surface area contributed by atoms with E-state index in [9.17, 15) is 0 Å². The summed E-state index contributed by atoms with van der Waals surface area (Å²) >= 11 is 3.45. The molecule has 0 radical (unpaired) electrons. The Labute approximate surface area is 107 Å². The molecule has 0 aliphatic heterocycles. The highest BCUT2D eigenvalue weighted by molar-refractivity contribution is 9.10. The number of nitrogens with zero attached hydrogens (tertiary/aromatic N) is 2. The molecule has 0 unspecified atom stereocenters. The maximum absolute atomic E-state index is 4.20. The zero-order valence-corrected chi connectivity index (χ0v) is 10.6. The molecule has 17 heavy (non-hydrogen) atoms. The summed E-state index contributed by atoms with van der Waals surface area (Å²) in [6, 6.07) is 10.3. The van der Waals surface area contributed by atoms with Crippen LogP contribution in [-0.2, 0) is 0 Å². The maximum Gasteiger partial charge on any atom is 0.0410 e. The van der Waals surface area contributed by atoms with Crippen molar-refractivity contribution in [3.05, 3.63) is 59.6 Å². The Kier molecular flexibility index (Phi) is 2.61. The maximum atomic E-state index is 4.20. The molecule has 0 aliphatic rings. The van der Waals surface area contributed by atoms with Gasteiger partial charge in [-0.1, -0.05) is 18.2 Å². The first-order valence-electron chi connectivity index (χ1n) is 5.28. The van der Waals surface area contributed by atoms with E-state index in [2.05, 4.69) is 44.1 Å². The van der Waals surface area contributed by atoms with Crippen LogP contribution in [0.5, 0.6) is 0 Å². The number of fused-ring (bicyclic) bond motifs is 1. The van der Waals surface area contributed by atoms with Gasteiger partial charge in [0.05, 0.1) is 0 Å². The highest BCUT2D eigenvalue weighted by Gasteiger charge is 2.03. The molecule has 0 saturated carbocycles. The van der Waals surface area contributed by atoms with E-state index in [0.717, 1.165) is 15.4 Å². The molecular formula is C14H9BrN2. The van der Waals surface area contributed by atoms with Gasteiger partial charge in [-0.15, -0.1) is 0 Å². The fraction of sp³-hybridized carbons (Fsp3) is 0. The summed E-state index contributed by atoms with van der Waals surface area (Å²) in [6.07, 6.45) is 7.36. The van der Waals surface area contributed by atoms with Gasteiger partial charge < -0.3 is 0 Å². The second-order valence-electron chi connectivity index (χ2n) is 3.79. The van der Waals surface area contributed by atoms with E-state index in [0.29, 0.717) is 0 Å². The van der Waals surface area contributed by atoms with E-state index in [4.69, 9.17) is 0 Å². The van der Waals surface area contributed by atoms with Gasteiger partial charge in [-0.2, -0.15) is 0 Å². The first kappa shape index (κ1) is 10.4. The summed E-state index contributed by atoms with van der Waals surface area (Å²) in [5.41, 5.74) is 2.29. The number of hydrogen-bond donors (Lipinski definition) is 0. The minimum Gasteiger partial charge on any atom is -0.264 e.